The van der Waals surface area contributed by atoms with E-state index in [0.717, 1.165) is 11.1 Å². The third kappa shape index (κ3) is 3.68. The molecule has 0 bridgehead atoms. The Kier molecular flexibility index (Phi) is 5.09. The van der Waals surface area contributed by atoms with Crippen LogP contribution >= 0.6 is 0 Å². The highest BCUT2D eigenvalue weighted by molar-refractivity contribution is 7.85. The van der Waals surface area contributed by atoms with Crippen molar-refractivity contribution in [1.82, 2.24) is 0 Å². The van der Waals surface area contributed by atoms with Crippen molar-refractivity contribution in [3.8, 4) is 5.75 Å². The van der Waals surface area contributed by atoms with E-state index in [2.05, 4.69) is 0 Å². The molecule has 0 saturated carbocycles. The van der Waals surface area contributed by atoms with E-state index in [0.29, 0.717) is 5.75 Å². The van der Waals surface area contributed by atoms with Gasteiger partial charge in [-0.3, -0.25) is 4.21 Å². The lowest BCUT2D eigenvalue weighted by Crippen LogP contribution is -2.19. The van der Waals surface area contributed by atoms with E-state index in [1.54, 1.807) is 19.2 Å². The number of nitrogens with two attached hydrogens (primary N) is 1. The molecule has 112 valence electrons. The van der Waals surface area contributed by atoms with Crippen LogP contribution in [0.2, 0.25) is 0 Å². The van der Waals surface area contributed by atoms with Crippen molar-refractivity contribution in [1.29, 1.82) is 0 Å². The van der Waals surface area contributed by atoms with Gasteiger partial charge < -0.3 is 10.5 Å². The predicted molar refractivity (Wildman–Crippen MR) is 82.3 cm³/mol. The molecule has 0 spiro atoms. The maximum atomic E-state index is 13.6. The Labute approximate surface area is 126 Å². The van der Waals surface area contributed by atoms with E-state index in [1.807, 2.05) is 25.1 Å². The Balaban J connectivity index is 2.22. The maximum Gasteiger partial charge on any atom is 0.139 e. The molecule has 2 aromatic rings. The number of aryl methyl sites for hydroxylation is 1. The third-order valence-corrected chi connectivity index (χ3v) is 4.68. The Hall–Kier alpha value is -1.72. The summed E-state index contributed by atoms with van der Waals surface area (Å²) < 4.78 is 31.2. The number of ether oxygens (including phenoxy) is 1. The molecule has 0 aliphatic carbocycles. The molecule has 0 heterocycles. The lowest BCUT2D eigenvalue weighted by molar-refractivity contribution is 0.407. The highest BCUT2D eigenvalue weighted by Crippen LogP contribution is 2.26. The Morgan fingerprint density at radius 3 is 2.67 bits per heavy atom. The summed E-state index contributed by atoms with van der Waals surface area (Å²) in [6, 6.07) is 11.2. The number of hydrogen-bond acceptors (Lipinski definition) is 3. The lowest BCUT2D eigenvalue weighted by Gasteiger charge is -2.16. The van der Waals surface area contributed by atoms with E-state index in [9.17, 15) is 8.60 Å². The van der Waals surface area contributed by atoms with Crippen LogP contribution in [0.5, 0.6) is 5.75 Å². The fourth-order valence-corrected chi connectivity index (χ4v) is 3.32. The van der Waals surface area contributed by atoms with Gasteiger partial charge in [-0.2, -0.15) is 0 Å². The van der Waals surface area contributed by atoms with Gasteiger partial charge in [0.1, 0.15) is 11.6 Å². The molecule has 21 heavy (non-hydrogen) atoms. The average Bonchev–Trinajstić information content (AvgIpc) is 2.47. The summed E-state index contributed by atoms with van der Waals surface area (Å²) in [4.78, 5) is 0.180. The monoisotopic (exact) mass is 307 g/mol. The maximum absolute atomic E-state index is 13.6. The van der Waals surface area contributed by atoms with Crippen molar-refractivity contribution >= 4 is 10.8 Å². The van der Waals surface area contributed by atoms with Crippen LogP contribution in [0.15, 0.2) is 47.4 Å². The summed E-state index contributed by atoms with van der Waals surface area (Å²) in [5.41, 5.74) is 7.95. The van der Waals surface area contributed by atoms with Gasteiger partial charge in [-0.1, -0.05) is 29.8 Å². The molecule has 0 aliphatic heterocycles. The minimum atomic E-state index is -1.50. The molecule has 2 N–H and O–H groups in total. The molecule has 2 atom stereocenters. The molecular formula is C16H18FNO2S. The first kappa shape index (κ1) is 15.7. The van der Waals surface area contributed by atoms with Gasteiger partial charge in [0.15, 0.2) is 0 Å². The number of halogens is 1. The third-order valence-electron chi connectivity index (χ3n) is 3.20. The van der Waals surface area contributed by atoms with E-state index in [-0.39, 0.29) is 10.6 Å². The van der Waals surface area contributed by atoms with Gasteiger partial charge in [0.25, 0.3) is 0 Å². The van der Waals surface area contributed by atoms with Crippen molar-refractivity contribution in [3.63, 3.8) is 0 Å². The first-order valence-electron chi connectivity index (χ1n) is 6.56. The molecule has 0 radical (unpaired) electrons. The van der Waals surface area contributed by atoms with E-state index in [1.165, 1.54) is 12.1 Å². The topological polar surface area (TPSA) is 52.3 Å². The highest BCUT2D eigenvalue weighted by Gasteiger charge is 2.18. The van der Waals surface area contributed by atoms with Gasteiger partial charge in [0.2, 0.25) is 0 Å². The van der Waals surface area contributed by atoms with Gasteiger partial charge in [-0.15, -0.1) is 0 Å². The first-order chi connectivity index (χ1) is 10.0. The first-order valence-corrected chi connectivity index (χ1v) is 7.88. The lowest BCUT2D eigenvalue weighted by atomic mass is 10.1. The van der Waals surface area contributed by atoms with Crippen molar-refractivity contribution in [2.24, 2.45) is 5.73 Å². The van der Waals surface area contributed by atoms with Crippen molar-refractivity contribution < 1.29 is 13.3 Å². The molecule has 0 aliphatic rings. The van der Waals surface area contributed by atoms with Gasteiger partial charge in [0.05, 0.1) is 22.8 Å². The van der Waals surface area contributed by atoms with Gasteiger partial charge in [0, 0.05) is 17.4 Å². The SMILES string of the molecule is COc1ccc(C)cc1C(N)CS(=O)c1ccccc1F. The van der Waals surface area contributed by atoms with Crippen LogP contribution in [0.4, 0.5) is 4.39 Å². The minimum absolute atomic E-state index is 0.140. The van der Waals surface area contributed by atoms with Crippen LogP contribution in [0.1, 0.15) is 17.2 Å². The summed E-state index contributed by atoms with van der Waals surface area (Å²) in [6.07, 6.45) is 0. The van der Waals surface area contributed by atoms with Crippen LogP contribution in [0.25, 0.3) is 0 Å². The zero-order valence-corrected chi connectivity index (χ0v) is 12.8. The normalized spacial score (nSPS) is 13.7. The number of methoxy groups -OCH3 is 1. The molecule has 0 fully saturated rings. The predicted octanol–water partition coefficient (Wildman–Crippen LogP) is 2.95. The molecule has 2 aromatic carbocycles. The average molecular weight is 307 g/mol. The highest BCUT2D eigenvalue weighted by atomic mass is 32.2. The molecule has 3 nitrogen and oxygen atoms in total. The summed E-state index contributed by atoms with van der Waals surface area (Å²) in [5, 5.41) is 0. The quantitative estimate of drug-likeness (QED) is 0.924. The molecular weight excluding hydrogens is 289 g/mol. The smallest absolute Gasteiger partial charge is 0.139 e. The van der Waals surface area contributed by atoms with Gasteiger partial charge in [-0.05, 0) is 25.1 Å². The molecule has 0 aromatic heterocycles. The number of hydrogen-bond donors (Lipinski definition) is 1. The minimum Gasteiger partial charge on any atom is -0.496 e. The van der Waals surface area contributed by atoms with Crippen LogP contribution < -0.4 is 10.5 Å². The fourth-order valence-electron chi connectivity index (χ4n) is 2.12. The van der Waals surface area contributed by atoms with Crippen LogP contribution in [0.3, 0.4) is 0 Å². The Bertz CT molecular complexity index is 660. The van der Waals surface area contributed by atoms with Gasteiger partial charge in [-0.25, -0.2) is 4.39 Å². The number of rotatable bonds is 5. The van der Waals surface area contributed by atoms with Crippen LogP contribution in [0, 0.1) is 12.7 Å². The summed E-state index contributed by atoms with van der Waals surface area (Å²) in [5.74, 6) is 0.318. The van der Waals surface area contributed by atoms with E-state index in [4.69, 9.17) is 10.5 Å². The molecule has 5 heteroatoms. The Morgan fingerprint density at radius 2 is 2.00 bits per heavy atom. The molecule has 2 rings (SSSR count). The largest absolute Gasteiger partial charge is 0.496 e. The molecule has 2 unspecified atom stereocenters. The van der Waals surface area contributed by atoms with E-state index < -0.39 is 22.7 Å². The van der Waals surface area contributed by atoms with Crippen LogP contribution in [-0.4, -0.2) is 17.1 Å². The van der Waals surface area contributed by atoms with Crippen molar-refractivity contribution in [2.75, 3.05) is 12.9 Å². The Morgan fingerprint density at radius 1 is 1.29 bits per heavy atom. The second-order valence-corrected chi connectivity index (χ2v) is 6.26. The van der Waals surface area contributed by atoms with Crippen molar-refractivity contribution in [2.45, 2.75) is 17.9 Å². The molecule has 0 saturated heterocycles. The zero-order chi connectivity index (χ0) is 15.4. The standard InChI is InChI=1S/C16H18FNO2S/c1-11-7-8-15(20-2)12(9-11)14(18)10-21(19)16-6-4-3-5-13(16)17/h3-9,14H,10,18H2,1-2H3. The van der Waals surface area contributed by atoms with E-state index >= 15 is 0 Å². The second kappa shape index (κ2) is 6.83. The fraction of sp³-hybridized carbons (Fsp3) is 0.250. The van der Waals surface area contributed by atoms with Crippen LogP contribution in [-0.2, 0) is 10.8 Å². The van der Waals surface area contributed by atoms with Gasteiger partial charge >= 0.3 is 0 Å². The number of benzene rings is 2. The summed E-state index contributed by atoms with van der Waals surface area (Å²) >= 11 is 0. The summed E-state index contributed by atoms with van der Waals surface area (Å²) in [7, 11) is 0.0662. The summed E-state index contributed by atoms with van der Waals surface area (Å²) in [6.45, 7) is 1.95. The van der Waals surface area contributed by atoms with Crippen molar-refractivity contribution in [3.05, 3.63) is 59.4 Å². The second-order valence-electron chi connectivity index (χ2n) is 4.79. The molecule has 0 amide bonds. The zero-order valence-electron chi connectivity index (χ0n) is 12.0.